The molecule has 17 heavy (non-hydrogen) atoms. The molecular weight excluding hydrogens is 224 g/mol. The molecule has 0 amide bonds. The van der Waals surface area contributed by atoms with Crippen molar-refractivity contribution in [1.82, 2.24) is 0 Å². The Labute approximate surface area is 101 Å². The SMILES string of the molecule is CCOC(=O)C1(C)CC2(CCC1O)OCCO2. The molecule has 0 aromatic rings. The standard InChI is InChI=1S/C12H20O5/c1-3-15-10(14)11(2)8-12(5-4-9(11)13)16-6-7-17-12/h9,13H,3-8H2,1-2H3. The van der Waals surface area contributed by atoms with Crippen LogP contribution in [0.25, 0.3) is 0 Å². The minimum absolute atomic E-state index is 0.315. The van der Waals surface area contributed by atoms with Gasteiger partial charge in [0, 0.05) is 12.8 Å². The first kappa shape index (κ1) is 12.8. The van der Waals surface area contributed by atoms with Crippen molar-refractivity contribution >= 4 is 5.97 Å². The minimum Gasteiger partial charge on any atom is -0.465 e. The Morgan fingerprint density at radius 3 is 2.71 bits per heavy atom. The Hall–Kier alpha value is -0.650. The molecule has 2 atom stereocenters. The highest BCUT2D eigenvalue weighted by atomic mass is 16.7. The van der Waals surface area contributed by atoms with Gasteiger partial charge >= 0.3 is 5.97 Å². The zero-order valence-corrected chi connectivity index (χ0v) is 10.4. The minimum atomic E-state index is -0.932. The number of carbonyl (C=O) groups excluding carboxylic acids is 1. The molecule has 1 aliphatic carbocycles. The molecule has 5 heteroatoms. The zero-order chi connectivity index (χ0) is 12.5. The fourth-order valence-electron chi connectivity index (χ4n) is 2.69. The molecule has 1 N–H and O–H groups in total. The van der Waals surface area contributed by atoms with E-state index in [1.165, 1.54) is 0 Å². The Kier molecular flexibility index (Phi) is 3.43. The van der Waals surface area contributed by atoms with Crippen molar-refractivity contribution in [2.45, 2.75) is 45.0 Å². The van der Waals surface area contributed by atoms with E-state index in [-0.39, 0.29) is 5.97 Å². The summed E-state index contributed by atoms with van der Waals surface area (Å²) in [4.78, 5) is 12.0. The Balaban J connectivity index is 2.15. The molecule has 1 saturated carbocycles. The number of hydrogen-bond donors (Lipinski definition) is 1. The predicted molar refractivity (Wildman–Crippen MR) is 59.2 cm³/mol. The molecule has 98 valence electrons. The normalized spacial score (nSPS) is 36.1. The fraction of sp³-hybridized carbons (Fsp3) is 0.917. The van der Waals surface area contributed by atoms with E-state index in [0.29, 0.717) is 39.1 Å². The third kappa shape index (κ3) is 2.19. The molecular formula is C12H20O5. The van der Waals surface area contributed by atoms with Gasteiger partial charge in [-0.3, -0.25) is 4.79 Å². The van der Waals surface area contributed by atoms with Crippen LogP contribution in [0.3, 0.4) is 0 Å². The molecule has 0 aromatic heterocycles. The summed E-state index contributed by atoms with van der Waals surface area (Å²) in [6, 6.07) is 0. The number of ether oxygens (including phenoxy) is 3. The van der Waals surface area contributed by atoms with Crippen LogP contribution < -0.4 is 0 Å². The van der Waals surface area contributed by atoms with Crippen molar-refractivity contribution in [2.75, 3.05) is 19.8 Å². The summed E-state index contributed by atoms with van der Waals surface area (Å²) >= 11 is 0. The van der Waals surface area contributed by atoms with E-state index in [4.69, 9.17) is 14.2 Å². The first-order chi connectivity index (χ1) is 8.02. The summed E-state index contributed by atoms with van der Waals surface area (Å²) in [6.45, 7) is 4.90. The molecule has 1 heterocycles. The smallest absolute Gasteiger partial charge is 0.314 e. The highest BCUT2D eigenvalue weighted by molar-refractivity contribution is 5.77. The van der Waals surface area contributed by atoms with Gasteiger partial charge in [0.2, 0.25) is 0 Å². The van der Waals surface area contributed by atoms with E-state index in [0.717, 1.165) is 0 Å². The molecule has 1 aliphatic heterocycles. The van der Waals surface area contributed by atoms with Gasteiger partial charge in [-0.15, -0.1) is 0 Å². The van der Waals surface area contributed by atoms with Gasteiger partial charge in [0.1, 0.15) is 0 Å². The molecule has 2 rings (SSSR count). The van der Waals surface area contributed by atoms with Crippen LogP contribution in [0.1, 0.15) is 33.1 Å². The van der Waals surface area contributed by atoms with Gasteiger partial charge in [0.15, 0.2) is 5.79 Å². The monoisotopic (exact) mass is 244 g/mol. The number of hydrogen-bond acceptors (Lipinski definition) is 5. The van der Waals surface area contributed by atoms with Gasteiger partial charge < -0.3 is 19.3 Å². The number of rotatable bonds is 2. The van der Waals surface area contributed by atoms with Crippen molar-refractivity contribution < 1.29 is 24.1 Å². The Morgan fingerprint density at radius 2 is 2.12 bits per heavy atom. The highest BCUT2D eigenvalue weighted by Crippen LogP contribution is 2.46. The lowest BCUT2D eigenvalue weighted by atomic mass is 9.70. The van der Waals surface area contributed by atoms with E-state index in [1.807, 2.05) is 0 Å². The largest absolute Gasteiger partial charge is 0.465 e. The summed E-state index contributed by atoms with van der Waals surface area (Å²) in [7, 11) is 0. The number of carbonyl (C=O) groups is 1. The average Bonchev–Trinajstić information content (AvgIpc) is 2.73. The van der Waals surface area contributed by atoms with Gasteiger partial charge in [-0.2, -0.15) is 0 Å². The maximum absolute atomic E-state index is 12.0. The van der Waals surface area contributed by atoms with E-state index in [9.17, 15) is 9.90 Å². The number of esters is 1. The van der Waals surface area contributed by atoms with Crippen LogP contribution >= 0.6 is 0 Å². The van der Waals surface area contributed by atoms with E-state index in [1.54, 1.807) is 13.8 Å². The molecule has 2 aliphatic rings. The Bertz CT molecular complexity index is 297. The molecule has 1 spiro atoms. The van der Waals surface area contributed by atoms with Crippen LogP contribution in [0.5, 0.6) is 0 Å². The number of aliphatic hydroxyl groups is 1. The van der Waals surface area contributed by atoms with E-state index >= 15 is 0 Å². The first-order valence-corrected chi connectivity index (χ1v) is 6.16. The summed E-state index contributed by atoms with van der Waals surface area (Å²) in [6.07, 6.45) is 0.790. The van der Waals surface area contributed by atoms with Crippen molar-refractivity contribution in [1.29, 1.82) is 0 Å². The van der Waals surface area contributed by atoms with Crippen LogP contribution in [0.2, 0.25) is 0 Å². The summed E-state index contributed by atoms with van der Waals surface area (Å²) in [5, 5.41) is 10.1. The first-order valence-electron chi connectivity index (χ1n) is 6.16. The van der Waals surface area contributed by atoms with Gasteiger partial charge in [-0.25, -0.2) is 0 Å². The van der Waals surface area contributed by atoms with Gasteiger partial charge in [-0.05, 0) is 20.3 Å². The van der Waals surface area contributed by atoms with Crippen LogP contribution in [0.15, 0.2) is 0 Å². The van der Waals surface area contributed by atoms with Gasteiger partial charge in [0.25, 0.3) is 0 Å². The second-order valence-electron chi connectivity index (χ2n) is 4.98. The lowest BCUT2D eigenvalue weighted by molar-refractivity contribution is -0.227. The summed E-state index contributed by atoms with van der Waals surface area (Å²) < 4.78 is 16.3. The molecule has 2 fully saturated rings. The molecule has 1 saturated heterocycles. The van der Waals surface area contributed by atoms with Crippen LogP contribution in [-0.2, 0) is 19.0 Å². The van der Waals surface area contributed by atoms with Gasteiger partial charge in [-0.1, -0.05) is 0 Å². The second kappa shape index (κ2) is 4.55. The van der Waals surface area contributed by atoms with Crippen molar-refractivity contribution in [2.24, 2.45) is 5.41 Å². The average molecular weight is 244 g/mol. The molecule has 2 unspecified atom stereocenters. The maximum atomic E-state index is 12.0. The lowest BCUT2D eigenvalue weighted by Gasteiger charge is -2.44. The van der Waals surface area contributed by atoms with Crippen molar-refractivity contribution in [3.63, 3.8) is 0 Å². The molecule has 0 bridgehead atoms. The number of aliphatic hydroxyl groups excluding tert-OH is 1. The van der Waals surface area contributed by atoms with Crippen LogP contribution in [-0.4, -0.2) is 42.8 Å². The fourth-order valence-corrected chi connectivity index (χ4v) is 2.69. The molecule has 0 aromatic carbocycles. The summed E-state index contributed by atoms with van der Waals surface area (Å²) in [5.41, 5.74) is -0.932. The molecule has 0 radical (unpaired) electrons. The zero-order valence-electron chi connectivity index (χ0n) is 10.4. The highest BCUT2D eigenvalue weighted by Gasteiger charge is 2.55. The lowest BCUT2D eigenvalue weighted by Crippen LogP contribution is -2.52. The van der Waals surface area contributed by atoms with E-state index in [2.05, 4.69) is 0 Å². The Morgan fingerprint density at radius 1 is 1.47 bits per heavy atom. The third-order valence-electron chi connectivity index (χ3n) is 3.73. The molecule has 5 nitrogen and oxygen atoms in total. The quantitative estimate of drug-likeness (QED) is 0.729. The maximum Gasteiger partial charge on any atom is 0.314 e. The van der Waals surface area contributed by atoms with Crippen LogP contribution in [0.4, 0.5) is 0 Å². The summed E-state index contributed by atoms with van der Waals surface area (Å²) in [5.74, 6) is -1.06. The van der Waals surface area contributed by atoms with Gasteiger partial charge in [0.05, 0.1) is 31.3 Å². The van der Waals surface area contributed by atoms with Crippen molar-refractivity contribution in [3.05, 3.63) is 0 Å². The third-order valence-corrected chi connectivity index (χ3v) is 3.73. The second-order valence-corrected chi connectivity index (χ2v) is 4.98. The predicted octanol–water partition coefficient (Wildman–Crippen LogP) is 0.844. The van der Waals surface area contributed by atoms with Crippen LogP contribution in [0, 0.1) is 5.41 Å². The topological polar surface area (TPSA) is 65.0 Å². The van der Waals surface area contributed by atoms with E-state index < -0.39 is 17.3 Å². The van der Waals surface area contributed by atoms with Crippen molar-refractivity contribution in [3.8, 4) is 0 Å².